The van der Waals surface area contributed by atoms with Gasteiger partial charge in [0.15, 0.2) is 5.16 Å². The number of amides is 1. The van der Waals surface area contributed by atoms with Crippen molar-refractivity contribution in [2.75, 3.05) is 42.3 Å². The van der Waals surface area contributed by atoms with Gasteiger partial charge in [0.1, 0.15) is 6.33 Å². The summed E-state index contributed by atoms with van der Waals surface area (Å²) in [5.74, 6) is 0.124. The van der Waals surface area contributed by atoms with Crippen LogP contribution < -0.4 is 10.2 Å². The summed E-state index contributed by atoms with van der Waals surface area (Å²) in [6.45, 7) is 5.21. The average Bonchev–Trinajstić information content (AvgIpc) is 3.24. The summed E-state index contributed by atoms with van der Waals surface area (Å²) in [4.78, 5) is 14.7. The minimum atomic E-state index is -0.101. The first-order valence-corrected chi connectivity index (χ1v) is 11.0. The quantitative estimate of drug-likeness (QED) is 0.584. The number of nitrogens with one attached hydrogen (secondary N) is 1. The highest BCUT2D eigenvalue weighted by atomic mass is 35.5. The number of aromatic nitrogens is 3. The van der Waals surface area contributed by atoms with Gasteiger partial charge in [-0.05, 0) is 48.9 Å². The van der Waals surface area contributed by atoms with Crippen LogP contribution in [0.2, 0.25) is 5.02 Å². The zero-order chi connectivity index (χ0) is 20.9. The predicted octanol–water partition coefficient (Wildman–Crippen LogP) is 3.80. The van der Waals surface area contributed by atoms with Crippen molar-refractivity contribution >= 4 is 40.6 Å². The Kier molecular flexibility index (Phi) is 6.56. The number of morpholine rings is 1. The minimum Gasteiger partial charge on any atom is -0.378 e. The molecule has 3 aromatic rings. The van der Waals surface area contributed by atoms with Gasteiger partial charge in [0, 0.05) is 29.5 Å². The fraction of sp³-hybridized carbons (Fsp3) is 0.286. The van der Waals surface area contributed by atoms with E-state index in [-0.39, 0.29) is 11.7 Å². The van der Waals surface area contributed by atoms with Gasteiger partial charge in [0.25, 0.3) is 0 Å². The Morgan fingerprint density at radius 2 is 1.90 bits per heavy atom. The number of thioether (sulfide) groups is 1. The topological polar surface area (TPSA) is 72.3 Å². The Labute approximate surface area is 184 Å². The molecule has 0 bridgehead atoms. The Morgan fingerprint density at radius 1 is 1.17 bits per heavy atom. The second-order valence-electron chi connectivity index (χ2n) is 6.90. The van der Waals surface area contributed by atoms with Gasteiger partial charge in [-0.25, -0.2) is 0 Å². The minimum absolute atomic E-state index is 0.101. The number of hydrogen-bond donors (Lipinski definition) is 1. The number of rotatable bonds is 6. The van der Waals surface area contributed by atoms with E-state index in [1.165, 1.54) is 11.8 Å². The molecule has 1 aliphatic heterocycles. The lowest BCUT2D eigenvalue weighted by molar-refractivity contribution is -0.113. The summed E-state index contributed by atoms with van der Waals surface area (Å²) in [5, 5.41) is 12.3. The molecule has 9 heteroatoms. The lowest BCUT2D eigenvalue weighted by Gasteiger charge is -2.28. The molecule has 1 N–H and O–H groups in total. The van der Waals surface area contributed by atoms with Gasteiger partial charge < -0.3 is 15.0 Å². The molecule has 0 saturated carbocycles. The molecule has 0 spiro atoms. The van der Waals surface area contributed by atoms with Gasteiger partial charge in [0.2, 0.25) is 5.91 Å². The summed E-state index contributed by atoms with van der Waals surface area (Å²) in [6.07, 6.45) is 1.62. The van der Waals surface area contributed by atoms with E-state index >= 15 is 0 Å². The third-order valence-corrected chi connectivity index (χ3v) is 6.16. The average molecular weight is 444 g/mol. The van der Waals surface area contributed by atoms with Crippen molar-refractivity contribution in [1.82, 2.24) is 14.8 Å². The van der Waals surface area contributed by atoms with Gasteiger partial charge >= 0.3 is 0 Å². The van der Waals surface area contributed by atoms with E-state index in [0.29, 0.717) is 10.2 Å². The van der Waals surface area contributed by atoms with Crippen molar-refractivity contribution in [2.24, 2.45) is 0 Å². The molecule has 4 rings (SSSR count). The van der Waals surface area contributed by atoms with Crippen LogP contribution in [0, 0.1) is 6.92 Å². The molecule has 0 atom stereocenters. The highest BCUT2D eigenvalue weighted by Gasteiger charge is 2.13. The van der Waals surface area contributed by atoms with E-state index in [1.54, 1.807) is 6.33 Å². The van der Waals surface area contributed by atoms with Crippen LogP contribution in [-0.2, 0) is 9.53 Å². The van der Waals surface area contributed by atoms with Crippen LogP contribution in [0.15, 0.2) is 53.9 Å². The van der Waals surface area contributed by atoms with Crippen molar-refractivity contribution in [2.45, 2.75) is 12.1 Å². The molecule has 7 nitrogen and oxygen atoms in total. The van der Waals surface area contributed by atoms with E-state index in [1.807, 2.05) is 54.0 Å². The van der Waals surface area contributed by atoms with E-state index < -0.39 is 0 Å². The van der Waals surface area contributed by atoms with Gasteiger partial charge in [0.05, 0.1) is 24.7 Å². The maximum atomic E-state index is 12.4. The first kappa shape index (κ1) is 20.7. The lowest BCUT2D eigenvalue weighted by Crippen LogP contribution is -2.36. The smallest absolute Gasteiger partial charge is 0.234 e. The highest BCUT2D eigenvalue weighted by molar-refractivity contribution is 7.99. The van der Waals surface area contributed by atoms with Crippen molar-refractivity contribution in [3.63, 3.8) is 0 Å². The van der Waals surface area contributed by atoms with Crippen molar-refractivity contribution in [3.8, 4) is 5.69 Å². The fourth-order valence-corrected chi connectivity index (χ4v) is 4.04. The Morgan fingerprint density at radius 3 is 2.63 bits per heavy atom. The van der Waals surface area contributed by atoms with Crippen molar-refractivity contribution in [1.29, 1.82) is 0 Å². The summed E-state index contributed by atoms with van der Waals surface area (Å²) in [5.41, 5.74) is 3.76. The SMILES string of the molecule is Cc1ccc(-n2cnnc2SCC(=O)Nc2ccc(N3CCOCC3)cc2)cc1Cl. The third-order valence-electron chi connectivity index (χ3n) is 4.81. The van der Waals surface area contributed by atoms with Crippen LogP contribution in [0.3, 0.4) is 0 Å². The molecule has 0 aliphatic carbocycles. The van der Waals surface area contributed by atoms with Gasteiger partial charge in [-0.2, -0.15) is 0 Å². The molecule has 1 aromatic heterocycles. The monoisotopic (exact) mass is 443 g/mol. The molecular formula is C21H22ClN5O2S. The molecule has 1 saturated heterocycles. The molecule has 30 heavy (non-hydrogen) atoms. The Hall–Kier alpha value is -2.55. The first-order chi connectivity index (χ1) is 14.6. The van der Waals surface area contributed by atoms with Gasteiger partial charge in [-0.15, -0.1) is 10.2 Å². The number of benzene rings is 2. The van der Waals surface area contributed by atoms with Crippen LogP contribution in [0.25, 0.3) is 5.69 Å². The normalized spacial score (nSPS) is 14.0. The maximum absolute atomic E-state index is 12.4. The zero-order valence-corrected chi connectivity index (χ0v) is 18.1. The third kappa shape index (κ3) is 4.95. The van der Waals surface area contributed by atoms with E-state index in [0.717, 1.165) is 48.9 Å². The number of halogens is 1. The zero-order valence-electron chi connectivity index (χ0n) is 16.5. The Balaban J connectivity index is 1.34. The lowest BCUT2D eigenvalue weighted by atomic mass is 10.2. The predicted molar refractivity (Wildman–Crippen MR) is 120 cm³/mol. The molecule has 156 valence electrons. The van der Waals surface area contributed by atoms with E-state index in [4.69, 9.17) is 16.3 Å². The number of ether oxygens (including phenoxy) is 1. The molecule has 2 aromatic carbocycles. The molecule has 0 radical (unpaired) electrons. The molecule has 2 heterocycles. The van der Waals surface area contributed by atoms with Crippen LogP contribution in [0.4, 0.5) is 11.4 Å². The number of carbonyl (C=O) groups excluding carboxylic acids is 1. The summed E-state index contributed by atoms with van der Waals surface area (Å²) in [7, 11) is 0. The molecule has 1 fully saturated rings. The second-order valence-corrected chi connectivity index (χ2v) is 8.25. The number of nitrogens with zero attached hydrogens (tertiary/aromatic N) is 4. The molecule has 0 unspecified atom stereocenters. The van der Waals surface area contributed by atoms with Crippen molar-refractivity contribution < 1.29 is 9.53 Å². The van der Waals surface area contributed by atoms with Crippen LogP contribution >= 0.6 is 23.4 Å². The standard InChI is InChI=1S/C21H22ClN5O2S/c1-15-2-5-18(12-19(15)22)27-14-23-25-21(27)30-13-20(28)24-16-3-6-17(7-4-16)26-8-10-29-11-9-26/h2-7,12,14H,8-11,13H2,1H3,(H,24,28). The van der Waals surface area contributed by atoms with E-state index in [9.17, 15) is 4.79 Å². The maximum Gasteiger partial charge on any atom is 0.234 e. The largest absolute Gasteiger partial charge is 0.378 e. The number of hydrogen-bond acceptors (Lipinski definition) is 6. The molecule has 1 amide bonds. The molecular weight excluding hydrogens is 422 g/mol. The number of carbonyl (C=O) groups is 1. The highest BCUT2D eigenvalue weighted by Crippen LogP contribution is 2.24. The first-order valence-electron chi connectivity index (χ1n) is 9.62. The number of aryl methyl sites for hydroxylation is 1. The van der Waals surface area contributed by atoms with Crippen LogP contribution in [0.1, 0.15) is 5.56 Å². The Bertz CT molecular complexity index is 1020. The van der Waals surface area contributed by atoms with Gasteiger partial charge in [-0.1, -0.05) is 29.4 Å². The number of anilines is 2. The van der Waals surface area contributed by atoms with E-state index in [2.05, 4.69) is 20.4 Å². The van der Waals surface area contributed by atoms with Crippen LogP contribution in [-0.4, -0.2) is 52.7 Å². The summed E-state index contributed by atoms with van der Waals surface area (Å²) in [6, 6.07) is 13.6. The summed E-state index contributed by atoms with van der Waals surface area (Å²) >= 11 is 7.55. The summed E-state index contributed by atoms with van der Waals surface area (Å²) < 4.78 is 7.20. The second kappa shape index (κ2) is 9.51. The fourth-order valence-electron chi connectivity index (χ4n) is 3.14. The van der Waals surface area contributed by atoms with Crippen LogP contribution in [0.5, 0.6) is 0 Å². The van der Waals surface area contributed by atoms with Gasteiger partial charge in [-0.3, -0.25) is 9.36 Å². The van der Waals surface area contributed by atoms with Crippen molar-refractivity contribution in [3.05, 3.63) is 59.4 Å². The molecule has 1 aliphatic rings.